The van der Waals surface area contributed by atoms with Crippen molar-refractivity contribution in [2.24, 2.45) is 0 Å². The average Bonchev–Trinajstić information content (AvgIpc) is 3.10. The van der Waals surface area contributed by atoms with E-state index in [9.17, 15) is 9.59 Å². The van der Waals surface area contributed by atoms with Gasteiger partial charge in [0.2, 0.25) is 0 Å². The van der Waals surface area contributed by atoms with E-state index in [1.165, 1.54) is 5.56 Å². The summed E-state index contributed by atoms with van der Waals surface area (Å²) in [5.41, 5.74) is 9.59. The summed E-state index contributed by atoms with van der Waals surface area (Å²) in [7, 11) is 0. The zero-order valence-electron chi connectivity index (χ0n) is 26.2. The van der Waals surface area contributed by atoms with E-state index in [2.05, 4.69) is 109 Å². The molecule has 5 rings (SSSR count). The maximum atomic E-state index is 11.6. The van der Waals surface area contributed by atoms with Crippen LogP contribution in [0.2, 0.25) is 0 Å². The summed E-state index contributed by atoms with van der Waals surface area (Å²) >= 11 is 0. The molecule has 0 heterocycles. The fourth-order valence-corrected chi connectivity index (χ4v) is 5.04. The number of anilines is 3. The highest BCUT2D eigenvalue weighted by Gasteiger charge is 2.13. The molecule has 0 radical (unpaired) electrons. The van der Waals surface area contributed by atoms with Gasteiger partial charge in [0.05, 0.1) is 6.61 Å². The van der Waals surface area contributed by atoms with Crippen LogP contribution in [-0.2, 0) is 20.7 Å². The van der Waals surface area contributed by atoms with Crippen LogP contribution >= 0.6 is 0 Å². The van der Waals surface area contributed by atoms with Crippen LogP contribution in [0.5, 0.6) is 5.75 Å². The first kappa shape index (κ1) is 31.7. The van der Waals surface area contributed by atoms with Crippen molar-refractivity contribution in [1.29, 1.82) is 0 Å². The molecule has 0 unspecified atom stereocenters. The fraction of sp³-hybridized carbons (Fsp3) is 0.122. The molecule has 5 heteroatoms. The van der Waals surface area contributed by atoms with Crippen molar-refractivity contribution in [3.05, 3.63) is 168 Å². The molecule has 0 spiro atoms. The van der Waals surface area contributed by atoms with E-state index in [1.54, 1.807) is 19.1 Å². The summed E-state index contributed by atoms with van der Waals surface area (Å²) in [6.45, 7) is 7.72. The SMILES string of the molecule is C=CC(=O)Oc1ccc(/C(=C/c2ccc(N(c3ccc(C)cc3)c3ccc(CCOC(=O)CC)cc3)cc2)c2ccccc2)cc1. The van der Waals surface area contributed by atoms with Gasteiger partial charge < -0.3 is 14.4 Å². The van der Waals surface area contributed by atoms with E-state index in [0.717, 1.165) is 51.0 Å². The van der Waals surface area contributed by atoms with Gasteiger partial charge in [0, 0.05) is 36.0 Å². The van der Waals surface area contributed by atoms with Crippen molar-refractivity contribution in [2.75, 3.05) is 11.5 Å². The maximum Gasteiger partial charge on any atom is 0.335 e. The van der Waals surface area contributed by atoms with E-state index < -0.39 is 5.97 Å². The Balaban J connectivity index is 1.45. The van der Waals surface area contributed by atoms with E-state index >= 15 is 0 Å². The number of hydrogen-bond acceptors (Lipinski definition) is 5. The van der Waals surface area contributed by atoms with Gasteiger partial charge >= 0.3 is 11.9 Å². The normalized spacial score (nSPS) is 11.0. The van der Waals surface area contributed by atoms with Crippen LogP contribution in [0.4, 0.5) is 17.1 Å². The number of ether oxygens (including phenoxy) is 2. The second kappa shape index (κ2) is 15.4. The van der Waals surface area contributed by atoms with Crippen LogP contribution in [0, 0.1) is 6.92 Å². The highest BCUT2D eigenvalue weighted by atomic mass is 16.5. The minimum Gasteiger partial charge on any atom is -0.465 e. The molecule has 0 aliphatic rings. The highest BCUT2D eigenvalue weighted by Crippen LogP contribution is 2.36. The minimum atomic E-state index is -0.489. The lowest BCUT2D eigenvalue weighted by molar-refractivity contribution is -0.143. The van der Waals surface area contributed by atoms with Crippen molar-refractivity contribution >= 4 is 40.6 Å². The summed E-state index contributed by atoms with van der Waals surface area (Å²) < 4.78 is 10.5. The molecule has 0 fully saturated rings. The van der Waals surface area contributed by atoms with E-state index in [-0.39, 0.29) is 5.97 Å². The molecule has 0 aromatic heterocycles. The van der Waals surface area contributed by atoms with Gasteiger partial charge in [-0.3, -0.25) is 4.79 Å². The van der Waals surface area contributed by atoms with Crippen LogP contribution in [0.25, 0.3) is 11.6 Å². The third-order valence-electron chi connectivity index (χ3n) is 7.53. The molecule has 0 saturated heterocycles. The van der Waals surface area contributed by atoms with Crippen LogP contribution < -0.4 is 9.64 Å². The van der Waals surface area contributed by atoms with Crippen molar-refractivity contribution in [1.82, 2.24) is 0 Å². The van der Waals surface area contributed by atoms with Crippen molar-refractivity contribution in [3.63, 3.8) is 0 Å². The molecule has 0 atom stereocenters. The lowest BCUT2D eigenvalue weighted by atomic mass is 9.95. The van der Waals surface area contributed by atoms with Crippen molar-refractivity contribution in [2.45, 2.75) is 26.7 Å². The first-order chi connectivity index (χ1) is 22.4. The molecule has 230 valence electrons. The molecule has 0 saturated carbocycles. The van der Waals surface area contributed by atoms with Gasteiger partial charge in [-0.05, 0) is 89.4 Å². The molecule has 46 heavy (non-hydrogen) atoms. The second-order valence-corrected chi connectivity index (χ2v) is 10.8. The average molecular weight is 608 g/mol. The second-order valence-electron chi connectivity index (χ2n) is 10.8. The van der Waals surface area contributed by atoms with Crippen LogP contribution in [0.3, 0.4) is 0 Å². The van der Waals surface area contributed by atoms with E-state index in [0.29, 0.717) is 25.2 Å². The van der Waals surface area contributed by atoms with Gasteiger partial charge in [-0.2, -0.15) is 0 Å². The Kier molecular flexibility index (Phi) is 10.6. The summed E-state index contributed by atoms with van der Waals surface area (Å²) in [4.78, 5) is 25.4. The standard InChI is InChI=1S/C41H37NO4/c1-4-40(43)45-28-27-31-13-21-36(22-14-31)42(35-19-11-30(3)12-20-35)37-23-15-32(16-24-37)29-39(33-9-7-6-8-10-33)34-17-25-38(26-18-34)46-41(44)5-2/h5-26,29H,2,4,27-28H2,1,3H3/b39-29+. The number of hydrogen-bond donors (Lipinski definition) is 0. The predicted molar refractivity (Wildman–Crippen MR) is 187 cm³/mol. The Morgan fingerprint density at radius 1 is 0.717 bits per heavy atom. The first-order valence-corrected chi connectivity index (χ1v) is 15.4. The zero-order chi connectivity index (χ0) is 32.3. The Labute approximate surface area is 271 Å². The molecule has 5 aromatic rings. The number of nitrogens with zero attached hydrogens (tertiary/aromatic N) is 1. The molecule has 5 nitrogen and oxygen atoms in total. The lowest BCUT2D eigenvalue weighted by Crippen LogP contribution is -2.10. The van der Waals surface area contributed by atoms with Gasteiger partial charge in [-0.25, -0.2) is 4.79 Å². The molecule has 0 bridgehead atoms. The number of esters is 2. The number of rotatable bonds is 12. The molecular weight excluding hydrogens is 570 g/mol. The zero-order valence-corrected chi connectivity index (χ0v) is 26.2. The third kappa shape index (κ3) is 8.27. The van der Waals surface area contributed by atoms with E-state index in [4.69, 9.17) is 9.47 Å². The Hall–Kier alpha value is -5.68. The van der Waals surface area contributed by atoms with E-state index in [1.807, 2.05) is 30.3 Å². The number of carbonyl (C=O) groups excluding carboxylic acids is 2. The third-order valence-corrected chi connectivity index (χ3v) is 7.53. The predicted octanol–water partition coefficient (Wildman–Crippen LogP) is 9.64. The Morgan fingerprint density at radius 3 is 1.87 bits per heavy atom. The van der Waals surface area contributed by atoms with Crippen LogP contribution in [-0.4, -0.2) is 18.5 Å². The number of benzene rings is 5. The first-order valence-electron chi connectivity index (χ1n) is 15.4. The van der Waals surface area contributed by atoms with Crippen molar-refractivity contribution in [3.8, 4) is 5.75 Å². The molecule has 0 N–H and O–H groups in total. The summed E-state index contributed by atoms with van der Waals surface area (Å²) in [6.07, 6.45) is 4.37. The number of carbonyl (C=O) groups is 2. The summed E-state index contributed by atoms with van der Waals surface area (Å²) in [6, 6.07) is 43.1. The van der Waals surface area contributed by atoms with Gasteiger partial charge in [0.1, 0.15) is 5.75 Å². The van der Waals surface area contributed by atoms with Gasteiger partial charge in [0.15, 0.2) is 0 Å². The molecule has 0 aliphatic carbocycles. The lowest BCUT2D eigenvalue weighted by Gasteiger charge is -2.26. The molecule has 0 amide bonds. The van der Waals surface area contributed by atoms with Crippen LogP contribution in [0.1, 0.15) is 41.2 Å². The minimum absolute atomic E-state index is 0.180. The smallest absolute Gasteiger partial charge is 0.335 e. The Bertz CT molecular complexity index is 1790. The molecular formula is C41H37NO4. The maximum absolute atomic E-state index is 11.6. The Morgan fingerprint density at radius 2 is 1.28 bits per heavy atom. The largest absolute Gasteiger partial charge is 0.465 e. The van der Waals surface area contributed by atoms with Gasteiger partial charge in [-0.15, -0.1) is 0 Å². The topological polar surface area (TPSA) is 55.8 Å². The van der Waals surface area contributed by atoms with Crippen LogP contribution in [0.15, 0.2) is 140 Å². The van der Waals surface area contributed by atoms with Crippen molar-refractivity contribution < 1.29 is 19.1 Å². The summed E-state index contributed by atoms with van der Waals surface area (Å²) in [5, 5.41) is 0. The summed E-state index contributed by atoms with van der Waals surface area (Å²) in [5.74, 6) is -0.202. The molecule has 5 aromatic carbocycles. The number of aryl methyl sites for hydroxylation is 1. The molecule has 0 aliphatic heterocycles. The monoisotopic (exact) mass is 607 g/mol. The van der Waals surface area contributed by atoms with Gasteiger partial charge in [0.25, 0.3) is 0 Å². The van der Waals surface area contributed by atoms with Gasteiger partial charge in [-0.1, -0.05) is 97.9 Å². The quantitative estimate of drug-likeness (QED) is 0.0612. The fourth-order valence-electron chi connectivity index (χ4n) is 5.04. The highest BCUT2D eigenvalue weighted by molar-refractivity contribution is 5.92.